The third kappa shape index (κ3) is 54.0. The Morgan fingerprint density at radius 3 is 0.754 bits per heavy atom. The summed E-state index contributed by atoms with van der Waals surface area (Å²) in [5.41, 5.74) is 0. The van der Waals surface area contributed by atoms with E-state index in [1.165, 1.54) is 244 Å². The molecular formula is C63H122O6. The standard InChI is InChI=1S/C63H122O6/c1-6-9-10-11-12-13-26-35-40-45-50-55-63(66)69-60(57-68-62(65)54-49-44-39-34-30-25-21-20-23-28-32-37-42-47-52-59(5)8-3)56-67-61(64)53-48-43-38-33-29-24-19-17-15-14-16-18-22-27-31-36-41-46-51-58(4)7-2/h58-60H,6-57H2,1-5H3/t58?,59?,60-/m0/s1. The molecule has 0 fully saturated rings. The van der Waals surface area contributed by atoms with Crippen LogP contribution in [0.2, 0.25) is 0 Å². The Bertz CT molecular complexity index is 1060. The van der Waals surface area contributed by atoms with Gasteiger partial charge in [0.25, 0.3) is 0 Å². The van der Waals surface area contributed by atoms with E-state index in [1.54, 1.807) is 0 Å². The number of hydrogen-bond donors (Lipinski definition) is 0. The van der Waals surface area contributed by atoms with E-state index >= 15 is 0 Å². The summed E-state index contributed by atoms with van der Waals surface area (Å²) in [6, 6.07) is 0. The van der Waals surface area contributed by atoms with Gasteiger partial charge in [-0.3, -0.25) is 14.4 Å². The lowest BCUT2D eigenvalue weighted by Crippen LogP contribution is -2.30. The molecule has 0 aliphatic rings. The Balaban J connectivity index is 4.19. The summed E-state index contributed by atoms with van der Waals surface area (Å²) in [7, 11) is 0. The van der Waals surface area contributed by atoms with Gasteiger partial charge in [-0.15, -0.1) is 0 Å². The Morgan fingerprint density at radius 1 is 0.290 bits per heavy atom. The minimum absolute atomic E-state index is 0.0621. The van der Waals surface area contributed by atoms with Crippen molar-refractivity contribution in [1.82, 2.24) is 0 Å². The fraction of sp³-hybridized carbons (Fsp3) is 0.952. The van der Waals surface area contributed by atoms with Crippen molar-refractivity contribution in [2.75, 3.05) is 13.2 Å². The summed E-state index contributed by atoms with van der Waals surface area (Å²) >= 11 is 0. The van der Waals surface area contributed by atoms with Crippen LogP contribution in [0.3, 0.4) is 0 Å². The summed E-state index contributed by atoms with van der Waals surface area (Å²) in [6.45, 7) is 11.5. The summed E-state index contributed by atoms with van der Waals surface area (Å²) in [5, 5.41) is 0. The molecule has 0 aromatic heterocycles. The molecule has 0 saturated heterocycles. The van der Waals surface area contributed by atoms with Gasteiger partial charge in [0.1, 0.15) is 13.2 Å². The van der Waals surface area contributed by atoms with Crippen molar-refractivity contribution in [1.29, 1.82) is 0 Å². The van der Waals surface area contributed by atoms with Crippen molar-refractivity contribution in [2.45, 2.75) is 362 Å². The number of unbranched alkanes of at least 4 members (excludes halogenated alkanes) is 40. The number of carbonyl (C=O) groups excluding carboxylic acids is 3. The Kier molecular flexibility index (Phi) is 54.4. The van der Waals surface area contributed by atoms with Gasteiger partial charge in [-0.05, 0) is 31.1 Å². The third-order valence-electron chi connectivity index (χ3n) is 15.2. The smallest absolute Gasteiger partial charge is 0.306 e. The molecule has 0 rings (SSSR count). The van der Waals surface area contributed by atoms with Crippen LogP contribution in [0.15, 0.2) is 0 Å². The fourth-order valence-electron chi connectivity index (χ4n) is 9.69. The van der Waals surface area contributed by atoms with Gasteiger partial charge in [0.2, 0.25) is 0 Å². The van der Waals surface area contributed by atoms with Gasteiger partial charge < -0.3 is 14.2 Å². The number of ether oxygens (including phenoxy) is 3. The number of hydrogen-bond acceptors (Lipinski definition) is 6. The average Bonchev–Trinajstić information content (AvgIpc) is 3.35. The van der Waals surface area contributed by atoms with E-state index in [0.29, 0.717) is 19.3 Å². The predicted molar refractivity (Wildman–Crippen MR) is 298 cm³/mol. The highest BCUT2D eigenvalue weighted by Crippen LogP contribution is 2.19. The van der Waals surface area contributed by atoms with Crippen molar-refractivity contribution >= 4 is 17.9 Å². The highest BCUT2D eigenvalue weighted by Gasteiger charge is 2.19. The predicted octanol–water partition coefficient (Wildman–Crippen LogP) is 20.8. The zero-order valence-electron chi connectivity index (χ0n) is 47.5. The molecule has 69 heavy (non-hydrogen) atoms. The number of carbonyl (C=O) groups is 3. The Labute approximate surface area is 431 Å². The second-order valence-electron chi connectivity index (χ2n) is 22.2. The summed E-state index contributed by atoms with van der Waals surface area (Å²) < 4.78 is 16.9. The van der Waals surface area contributed by atoms with Crippen molar-refractivity contribution in [3.05, 3.63) is 0 Å². The molecule has 410 valence electrons. The van der Waals surface area contributed by atoms with Gasteiger partial charge in [-0.1, -0.05) is 317 Å². The van der Waals surface area contributed by atoms with Crippen LogP contribution in [0.1, 0.15) is 356 Å². The second kappa shape index (κ2) is 55.7. The molecule has 0 spiro atoms. The minimum Gasteiger partial charge on any atom is -0.462 e. The first-order chi connectivity index (χ1) is 33.8. The van der Waals surface area contributed by atoms with E-state index in [9.17, 15) is 14.4 Å². The highest BCUT2D eigenvalue weighted by atomic mass is 16.6. The number of esters is 3. The molecule has 3 atom stereocenters. The fourth-order valence-corrected chi connectivity index (χ4v) is 9.69. The summed E-state index contributed by atoms with van der Waals surface area (Å²) in [6.07, 6.45) is 60.9. The van der Waals surface area contributed by atoms with Crippen LogP contribution in [-0.2, 0) is 28.6 Å². The molecule has 0 amide bonds. The van der Waals surface area contributed by atoms with Crippen LogP contribution in [0.25, 0.3) is 0 Å². The average molecular weight is 976 g/mol. The zero-order valence-corrected chi connectivity index (χ0v) is 47.5. The van der Waals surface area contributed by atoms with Crippen molar-refractivity contribution in [3.63, 3.8) is 0 Å². The van der Waals surface area contributed by atoms with Crippen LogP contribution >= 0.6 is 0 Å². The first-order valence-corrected chi connectivity index (χ1v) is 31.3. The number of rotatable bonds is 57. The highest BCUT2D eigenvalue weighted by molar-refractivity contribution is 5.71. The lowest BCUT2D eigenvalue weighted by molar-refractivity contribution is -0.167. The Hall–Kier alpha value is -1.59. The lowest BCUT2D eigenvalue weighted by Gasteiger charge is -2.18. The molecule has 0 aromatic rings. The van der Waals surface area contributed by atoms with Gasteiger partial charge in [0.15, 0.2) is 6.10 Å². The van der Waals surface area contributed by atoms with E-state index < -0.39 is 6.10 Å². The van der Waals surface area contributed by atoms with Crippen LogP contribution < -0.4 is 0 Å². The largest absolute Gasteiger partial charge is 0.462 e. The maximum absolute atomic E-state index is 12.8. The molecule has 0 bridgehead atoms. The second-order valence-corrected chi connectivity index (χ2v) is 22.2. The van der Waals surface area contributed by atoms with Gasteiger partial charge in [0, 0.05) is 19.3 Å². The first kappa shape index (κ1) is 67.4. The quantitative estimate of drug-likeness (QED) is 0.0343. The molecule has 0 radical (unpaired) electrons. The van der Waals surface area contributed by atoms with Gasteiger partial charge >= 0.3 is 17.9 Å². The first-order valence-electron chi connectivity index (χ1n) is 31.3. The SMILES string of the molecule is CCCCCCCCCCCCCC(=O)O[C@@H](COC(=O)CCCCCCCCCCCCCCCCCCCCC(C)CC)COC(=O)CCCCCCCCCCCCCCCCC(C)CC. The van der Waals surface area contributed by atoms with Crippen LogP contribution in [0, 0.1) is 11.8 Å². The molecule has 2 unspecified atom stereocenters. The van der Waals surface area contributed by atoms with Crippen LogP contribution in [0.4, 0.5) is 0 Å². The monoisotopic (exact) mass is 975 g/mol. The molecule has 0 aliphatic carbocycles. The molecule has 0 N–H and O–H groups in total. The topological polar surface area (TPSA) is 78.9 Å². The maximum Gasteiger partial charge on any atom is 0.306 e. The van der Waals surface area contributed by atoms with E-state index in [0.717, 1.165) is 69.6 Å². The summed E-state index contributed by atoms with van der Waals surface area (Å²) in [4.78, 5) is 38.2. The molecule has 6 nitrogen and oxygen atoms in total. The maximum atomic E-state index is 12.8. The third-order valence-corrected chi connectivity index (χ3v) is 15.2. The zero-order chi connectivity index (χ0) is 50.4. The normalized spacial score (nSPS) is 12.8. The van der Waals surface area contributed by atoms with E-state index in [-0.39, 0.29) is 31.1 Å². The van der Waals surface area contributed by atoms with E-state index in [2.05, 4.69) is 34.6 Å². The van der Waals surface area contributed by atoms with Gasteiger partial charge in [-0.25, -0.2) is 0 Å². The molecule has 0 saturated carbocycles. The van der Waals surface area contributed by atoms with Crippen LogP contribution in [-0.4, -0.2) is 37.2 Å². The van der Waals surface area contributed by atoms with Crippen LogP contribution in [0.5, 0.6) is 0 Å². The van der Waals surface area contributed by atoms with E-state index in [4.69, 9.17) is 14.2 Å². The molecular weight excluding hydrogens is 853 g/mol. The van der Waals surface area contributed by atoms with Crippen molar-refractivity contribution in [3.8, 4) is 0 Å². The molecule has 0 heterocycles. The summed E-state index contributed by atoms with van der Waals surface area (Å²) in [5.74, 6) is 0.971. The molecule has 0 aromatic carbocycles. The van der Waals surface area contributed by atoms with E-state index in [1.807, 2.05) is 0 Å². The van der Waals surface area contributed by atoms with Crippen molar-refractivity contribution < 1.29 is 28.6 Å². The lowest BCUT2D eigenvalue weighted by atomic mass is 9.99. The Morgan fingerprint density at radius 2 is 0.507 bits per heavy atom. The molecule has 0 aliphatic heterocycles. The van der Waals surface area contributed by atoms with Gasteiger partial charge in [0.05, 0.1) is 0 Å². The minimum atomic E-state index is -0.762. The molecule has 6 heteroatoms. The van der Waals surface area contributed by atoms with Gasteiger partial charge in [-0.2, -0.15) is 0 Å². The van der Waals surface area contributed by atoms with Crippen molar-refractivity contribution in [2.24, 2.45) is 11.8 Å².